The van der Waals surface area contributed by atoms with Crippen molar-refractivity contribution in [3.05, 3.63) is 107 Å². The first-order valence-corrected chi connectivity index (χ1v) is 11.9. The van der Waals surface area contributed by atoms with Crippen LogP contribution in [0.25, 0.3) is 16.9 Å². The van der Waals surface area contributed by atoms with Gasteiger partial charge in [0.05, 0.1) is 5.69 Å². The van der Waals surface area contributed by atoms with Gasteiger partial charge in [-0.2, -0.15) is 0 Å². The van der Waals surface area contributed by atoms with Crippen LogP contribution in [-0.2, 0) is 12.8 Å². The smallest absolute Gasteiger partial charge is 0.255 e. The Labute approximate surface area is 196 Å². The van der Waals surface area contributed by atoms with Crippen LogP contribution in [0.15, 0.2) is 78.9 Å². The monoisotopic (exact) mass is 434 g/mol. The third kappa shape index (κ3) is 4.36. The number of carbonyl (C=O) groups excluding carboxylic acids is 1. The van der Waals surface area contributed by atoms with E-state index in [1.54, 1.807) is 0 Å². The van der Waals surface area contributed by atoms with Gasteiger partial charge >= 0.3 is 0 Å². The Balaban J connectivity index is 1.48. The fraction of sp³-hybridized carbons (Fsp3) is 0.233. The number of amides is 1. The highest BCUT2D eigenvalue weighted by Gasteiger charge is 2.19. The van der Waals surface area contributed by atoms with Crippen LogP contribution in [0.4, 0.5) is 5.69 Å². The number of hydrogen-bond acceptors (Lipinski definition) is 1. The van der Waals surface area contributed by atoms with Crippen LogP contribution in [-0.4, -0.2) is 10.5 Å². The first-order chi connectivity index (χ1) is 16.1. The van der Waals surface area contributed by atoms with Gasteiger partial charge in [-0.1, -0.05) is 42.8 Å². The largest absolute Gasteiger partial charge is 0.322 e. The third-order valence-corrected chi connectivity index (χ3v) is 6.77. The molecule has 0 atom stereocenters. The molecule has 1 amide bonds. The minimum atomic E-state index is -0.0839. The highest BCUT2D eigenvalue weighted by Crippen LogP contribution is 2.33. The lowest BCUT2D eigenvalue weighted by Gasteiger charge is -2.15. The lowest BCUT2D eigenvalue weighted by atomic mass is 10.1. The summed E-state index contributed by atoms with van der Waals surface area (Å²) >= 11 is 0. The van der Waals surface area contributed by atoms with Crippen molar-refractivity contribution in [1.29, 1.82) is 0 Å². The van der Waals surface area contributed by atoms with Gasteiger partial charge in [-0.15, -0.1) is 0 Å². The van der Waals surface area contributed by atoms with Crippen molar-refractivity contribution in [2.24, 2.45) is 0 Å². The number of nitrogens with one attached hydrogen (secondary N) is 1. The van der Waals surface area contributed by atoms with Crippen LogP contribution in [0.3, 0.4) is 0 Å². The Kier molecular flexibility index (Phi) is 5.87. The van der Waals surface area contributed by atoms with Crippen LogP contribution in [0.5, 0.6) is 0 Å². The summed E-state index contributed by atoms with van der Waals surface area (Å²) in [6.45, 7) is 4.13. The van der Waals surface area contributed by atoms with Crippen molar-refractivity contribution < 1.29 is 4.79 Å². The molecule has 1 N–H and O–H groups in total. The number of benzene rings is 3. The molecule has 4 aromatic rings. The van der Waals surface area contributed by atoms with E-state index in [2.05, 4.69) is 72.3 Å². The molecule has 0 radical (unpaired) electrons. The minimum Gasteiger partial charge on any atom is -0.322 e. The zero-order valence-corrected chi connectivity index (χ0v) is 19.4. The van der Waals surface area contributed by atoms with Crippen molar-refractivity contribution in [3.8, 4) is 16.9 Å². The molecule has 3 heteroatoms. The van der Waals surface area contributed by atoms with Crippen LogP contribution in [0.2, 0.25) is 0 Å². The van der Waals surface area contributed by atoms with E-state index in [1.807, 2.05) is 30.3 Å². The quantitative estimate of drug-likeness (QED) is 0.336. The molecule has 1 heterocycles. The van der Waals surface area contributed by atoms with E-state index in [4.69, 9.17) is 0 Å². The van der Waals surface area contributed by atoms with Crippen LogP contribution in [0, 0.1) is 13.8 Å². The predicted octanol–water partition coefficient (Wildman–Crippen LogP) is 7.28. The Hall–Kier alpha value is -3.59. The van der Waals surface area contributed by atoms with E-state index >= 15 is 0 Å². The Bertz CT molecular complexity index is 1280. The molecule has 1 aromatic heterocycles. The number of fused-ring (bicyclic) bond motifs is 1. The fourth-order valence-corrected chi connectivity index (χ4v) is 4.78. The Morgan fingerprint density at radius 2 is 1.55 bits per heavy atom. The zero-order chi connectivity index (χ0) is 22.8. The minimum absolute atomic E-state index is 0.0839. The highest BCUT2D eigenvalue weighted by molar-refractivity contribution is 6.04. The number of nitrogens with zero attached hydrogens (tertiary/aromatic N) is 1. The molecular formula is C30H30N2O. The van der Waals surface area contributed by atoms with Crippen LogP contribution >= 0.6 is 0 Å². The van der Waals surface area contributed by atoms with E-state index in [0.29, 0.717) is 5.56 Å². The van der Waals surface area contributed by atoms with Crippen molar-refractivity contribution in [1.82, 2.24) is 4.57 Å². The van der Waals surface area contributed by atoms with Gasteiger partial charge in [0.15, 0.2) is 0 Å². The van der Waals surface area contributed by atoms with E-state index in [1.165, 1.54) is 52.9 Å². The van der Waals surface area contributed by atoms with Gasteiger partial charge in [-0.3, -0.25) is 4.79 Å². The molecule has 3 aromatic carbocycles. The number of aryl methyl sites for hydroxylation is 3. The van der Waals surface area contributed by atoms with Gasteiger partial charge in [-0.05, 0) is 104 Å². The summed E-state index contributed by atoms with van der Waals surface area (Å²) < 4.78 is 2.40. The standard InChI is InChI=1S/C30H30N2O/c1-21-13-16-26(19-22(21)2)31-30(33)24-14-17-27(18-15-24)32-28-12-8-4-7-11-25(28)20-29(32)23-9-5-3-6-10-23/h3,5-6,9-10,13-20H,4,7-8,11-12H2,1-2H3,(H,31,33). The SMILES string of the molecule is Cc1ccc(NC(=O)c2ccc(-n3c(-c4ccccc4)cc4c3CCCCC4)cc2)cc1C. The zero-order valence-electron chi connectivity index (χ0n) is 19.4. The number of anilines is 1. The third-order valence-electron chi connectivity index (χ3n) is 6.77. The number of hydrogen-bond donors (Lipinski definition) is 1. The van der Waals surface area contributed by atoms with Crippen molar-refractivity contribution in [2.45, 2.75) is 46.0 Å². The molecule has 0 saturated carbocycles. The molecule has 0 aliphatic heterocycles. The summed E-state index contributed by atoms with van der Waals surface area (Å²) in [7, 11) is 0. The van der Waals surface area contributed by atoms with Gasteiger partial charge in [0, 0.05) is 22.6 Å². The maximum Gasteiger partial charge on any atom is 0.255 e. The first kappa shape index (κ1) is 21.3. The maximum absolute atomic E-state index is 12.9. The molecule has 1 aliphatic carbocycles. The van der Waals surface area contributed by atoms with Crippen molar-refractivity contribution in [2.75, 3.05) is 5.32 Å². The van der Waals surface area contributed by atoms with Crippen LogP contribution in [0.1, 0.15) is 52.0 Å². The van der Waals surface area contributed by atoms with Crippen LogP contribution < -0.4 is 5.32 Å². The van der Waals surface area contributed by atoms with Gasteiger partial charge in [0.25, 0.3) is 5.91 Å². The summed E-state index contributed by atoms with van der Waals surface area (Å²) in [6, 6.07) is 27.0. The summed E-state index contributed by atoms with van der Waals surface area (Å²) in [5.41, 5.74) is 10.3. The average molecular weight is 435 g/mol. The summed E-state index contributed by atoms with van der Waals surface area (Å²) in [5.74, 6) is -0.0839. The Morgan fingerprint density at radius 1 is 0.788 bits per heavy atom. The molecular weight excluding hydrogens is 404 g/mol. The molecule has 0 spiro atoms. The second kappa shape index (κ2) is 9.11. The van der Waals surface area contributed by atoms with Gasteiger partial charge < -0.3 is 9.88 Å². The van der Waals surface area contributed by atoms with E-state index < -0.39 is 0 Å². The predicted molar refractivity (Wildman–Crippen MR) is 136 cm³/mol. The lowest BCUT2D eigenvalue weighted by molar-refractivity contribution is 0.102. The van der Waals surface area contributed by atoms with Gasteiger partial charge in [-0.25, -0.2) is 0 Å². The summed E-state index contributed by atoms with van der Waals surface area (Å²) in [5, 5.41) is 3.03. The molecule has 0 bridgehead atoms. The van der Waals surface area contributed by atoms with Crippen molar-refractivity contribution >= 4 is 11.6 Å². The molecule has 5 rings (SSSR count). The average Bonchev–Trinajstić information content (AvgIpc) is 3.04. The second-order valence-electron chi connectivity index (χ2n) is 9.06. The molecule has 0 fully saturated rings. The first-order valence-electron chi connectivity index (χ1n) is 11.9. The van der Waals surface area contributed by atoms with Gasteiger partial charge in [0.1, 0.15) is 0 Å². The summed E-state index contributed by atoms with van der Waals surface area (Å²) in [6.07, 6.45) is 5.99. The van der Waals surface area contributed by atoms with E-state index in [9.17, 15) is 4.79 Å². The fourth-order valence-electron chi connectivity index (χ4n) is 4.78. The highest BCUT2D eigenvalue weighted by atomic mass is 16.1. The molecule has 166 valence electrons. The second-order valence-corrected chi connectivity index (χ2v) is 9.06. The van der Waals surface area contributed by atoms with Gasteiger partial charge in [0.2, 0.25) is 0 Å². The number of aromatic nitrogens is 1. The molecule has 33 heavy (non-hydrogen) atoms. The van der Waals surface area contributed by atoms with Crippen molar-refractivity contribution in [3.63, 3.8) is 0 Å². The molecule has 0 saturated heterocycles. The number of rotatable bonds is 4. The maximum atomic E-state index is 12.9. The topological polar surface area (TPSA) is 34.0 Å². The molecule has 1 aliphatic rings. The Morgan fingerprint density at radius 3 is 2.30 bits per heavy atom. The molecule has 3 nitrogen and oxygen atoms in total. The normalized spacial score (nSPS) is 13.3. The summed E-state index contributed by atoms with van der Waals surface area (Å²) in [4.78, 5) is 12.9. The van der Waals surface area contributed by atoms with E-state index in [-0.39, 0.29) is 5.91 Å². The number of carbonyl (C=O) groups is 1. The molecule has 0 unspecified atom stereocenters. The van der Waals surface area contributed by atoms with E-state index in [0.717, 1.165) is 24.2 Å². The lowest BCUT2D eigenvalue weighted by Crippen LogP contribution is -2.12.